The Labute approximate surface area is 199 Å². The SMILES string of the molecule is CC(=N\O)/C(C)=N/O.CC(=N\O)/C(C)=N/O.CC(=O)C1CC=[C-]CC1.[Co].c1ccncc1. The molecular weight excluding hydrogens is 461 g/mol. The first-order chi connectivity index (χ1) is 14.7. The van der Waals surface area contributed by atoms with Gasteiger partial charge in [-0.2, -0.15) is 6.42 Å². The van der Waals surface area contributed by atoms with Crippen molar-refractivity contribution in [3.05, 3.63) is 42.7 Å². The van der Waals surface area contributed by atoms with Gasteiger partial charge in [-0.15, -0.1) is 0 Å². The number of rotatable bonds is 3. The number of hydrogen-bond acceptors (Lipinski definition) is 10. The summed E-state index contributed by atoms with van der Waals surface area (Å²) in [5, 5.41) is 43.3. The Balaban J connectivity index is -0.000000350. The second kappa shape index (κ2) is 22.6. The molecule has 1 aromatic rings. The van der Waals surface area contributed by atoms with Crippen LogP contribution in [0.4, 0.5) is 0 Å². The minimum absolute atomic E-state index is 0. The average molecular weight is 493 g/mol. The van der Waals surface area contributed by atoms with Gasteiger partial charge < -0.3 is 26.9 Å². The normalized spacial score (nSPS) is 16.0. The molecule has 0 saturated heterocycles. The van der Waals surface area contributed by atoms with Crippen molar-refractivity contribution in [3.63, 3.8) is 0 Å². The molecule has 1 aliphatic rings. The molecule has 1 heterocycles. The maximum atomic E-state index is 10.8. The number of aromatic nitrogens is 1. The van der Waals surface area contributed by atoms with Crippen molar-refractivity contribution in [2.24, 2.45) is 26.5 Å². The van der Waals surface area contributed by atoms with Crippen molar-refractivity contribution in [1.29, 1.82) is 0 Å². The molecule has 0 spiro atoms. The summed E-state index contributed by atoms with van der Waals surface area (Å²) in [6.07, 6.45) is 11.5. The number of Topliss-reactive ketones (excluding diaryl/α,β-unsaturated/α-hetero) is 1. The van der Waals surface area contributed by atoms with E-state index in [1.807, 2.05) is 24.3 Å². The standard InChI is InChI=1S/C8H11O.C5H5N.2C4H8N2O2.Co/c1-7(9)8-5-3-2-4-6-8;1-2-4-6-5-3-1;2*1-3(5-7)4(2)6-8;/h3,8H,4-6H2,1H3;1-5H;2*7-8H,1-2H3;/q-1;;;;/b;;2*5-3+,6-4+;. The maximum Gasteiger partial charge on any atom is 0.133 e. The topological polar surface area (TPSA) is 160 Å². The van der Waals surface area contributed by atoms with Crippen LogP contribution in [0.2, 0.25) is 0 Å². The van der Waals surface area contributed by atoms with Crippen LogP contribution in [0.5, 0.6) is 0 Å². The monoisotopic (exact) mass is 493 g/mol. The summed E-state index contributed by atoms with van der Waals surface area (Å²) in [7, 11) is 0. The summed E-state index contributed by atoms with van der Waals surface area (Å²) in [6.45, 7) is 7.82. The molecule has 0 fully saturated rings. The van der Waals surface area contributed by atoms with E-state index >= 15 is 0 Å². The molecule has 32 heavy (non-hydrogen) atoms. The zero-order valence-corrected chi connectivity index (χ0v) is 20.0. The van der Waals surface area contributed by atoms with Gasteiger partial charge in [0.05, 0.1) is 0 Å². The number of hydrogen-bond donors (Lipinski definition) is 4. The number of allylic oxidation sites excluding steroid dienone is 2. The molecule has 1 radical (unpaired) electrons. The molecule has 1 aliphatic carbocycles. The largest absolute Gasteiger partial charge is 0.501 e. The van der Waals surface area contributed by atoms with Gasteiger partial charge in [0.1, 0.15) is 28.6 Å². The van der Waals surface area contributed by atoms with Crippen LogP contribution in [0, 0.1) is 12.0 Å². The summed E-state index contributed by atoms with van der Waals surface area (Å²) in [4.78, 5) is 14.5. The van der Waals surface area contributed by atoms with E-state index in [-0.39, 0.29) is 16.8 Å². The Hall–Kier alpha value is -3.05. The Bertz CT molecular complexity index is 674. The Morgan fingerprint density at radius 2 is 1.22 bits per heavy atom. The molecule has 181 valence electrons. The van der Waals surface area contributed by atoms with Crippen LogP contribution < -0.4 is 0 Å². The molecule has 1 aromatic heterocycles. The van der Waals surface area contributed by atoms with Crippen LogP contribution in [0.3, 0.4) is 0 Å². The molecule has 1 unspecified atom stereocenters. The van der Waals surface area contributed by atoms with Crippen molar-refractivity contribution in [1.82, 2.24) is 4.98 Å². The Morgan fingerprint density at radius 1 is 0.812 bits per heavy atom. The van der Waals surface area contributed by atoms with E-state index < -0.39 is 0 Å². The van der Waals surface area contributed by atoms with Crippen LogP contribution in [0.1, 0.15) is 53.9 Å². The van der Waals surface area contributed by atoms with Crippen LogP contribution in [0.25, 0.3) is 0 Å². The molecule has 2 rings (SSSR count). The third-order valence-corrected chi connectivity index (χ3v) is 3.97. The number of ketones is 1. The Morgan fingerprint density at radius 3 is 1.38 bits per heavy atom. The molecule has 1 atom stereocenters. The van der Waals surface area contributed by atoms with E-state index in [0.29, 0.717) is 34.5 Å². The predicted octanol–water partition coefficient (Wildman–Crippen LogP) is 4.19. The van der Waals surface area contributed by atoms with Crippen molar-refractivity contribution < 1.29 is 42.4 Å². The van der Waals surface area contributed by atoms with Gasteiger partial charge in [0.25, 0.3) is 0 Å². The maximum absolute atomic E-state index is 10.8. The second-order valence-corrected chi connectivity index (χ2v) is 6.26. The van der Waals surface area contributed by atoms with E-state index in [0.717, 1.165) is 19.3 Å². The first-order valence-electron chi connectivity index (χ1n) is 9.40. The quantitative estimate of drug-likeness (QED) is 0.214. The molecular formula is C21H32CoN5O5-. The van der Waals surface area contributed by atoms with Crippen LogP contribution in [0.15, 0.2) is 57.3 Å². The van der Waals surface area contributed by atoms with E-state index in [1.165, 1.54) is 27.7 Å². The van der Waals surface area contributed by atoms with Gasteiger partial charge in [-0.05, 0) is 46.8 Å². The van der Waals surface area contributed by atoms with Gasteiger partial charge in [-0.25, -0.2) is 0 Å². The van der Waals surface area contributed by atoms with Gasteiger partial charge in [-0.3, -0.25) is 15.9 Å². The Kier molecular flexibility index (Phi) is 23.7. The molecule has 0 aliphatic heterocycles. The third-order valence-electron chi connectivity index (χ3n) is 3.97. The van der Waals surface area contributed by atoms with Gasteiger partial charge in [0.2, 0.25) is 0 Å². The zero-order chi connectivity index (χ0) is 24.1. The first-order valence-corrected chi connectivity index (χ1v) is 9.40. The fourth-order valence-electron chi connectivity index (χ4n) is 1.67. The van der Waals surface area contributed by atoms with E-state index in [2.05, 4.69) is 31.7 Å². The number of nitrogens with zero attached hydrogens (tertiary/aromatic N) is 5. The van der Waals surface area contributed by atoms with E-state index in [1.54, 1.807) is 19.3 Å². The van der Waals surface area contributed by atoms with Crippen molar-refractivity contribution in [2.45, 2.75) is 53.9 Å². The molecule has 0 bridgehead atoms. The summed E-state index contributed by atoms with van der Waals surface area (Å²) in [5.74, 6) is 0.624. The number of carbonyl (C=O) groups is 1. The smallest absolute Gasteiger partial charge is 0.133 e. The number of oxime groups is 4. The van der Waals surface area contributed by atoms with Gasteiger partial charge in [-0.1, -0.05) is 39.5 Å². The van der Waals surface area contributed by atoms with Crippen LogP contribution in [-0.2, 0) is 21.6 Å². The van der Waals surface area contributed by atoms with Crippen molar-refractivity contribution in [2.75, 3.05) is 0 Å². The van der Waals surface area contributed by atoms with Crippen LogP contribution >= 0.6 is 0 Å². The molecule has 0 amide bonds. The van der Waals surface area contributed by atoms with Crippen molar-refractivity contribution >= 4 is 28.6 Å². The van der Waals surface area contributed by atoms with E-state index in [9.17, 15) is 4.79 Å². The fraction of sp³-hybridized carbons (Fsp3) is 0.429. The molecule has 10 nitrogen and oxygen atoms in total. The predicted molar refractivity (Wildman–Crippen MR) is 120 cm³/mol. The molecule has 11 heteroatoms. The van der Waals surface area contributed by atoms with Gasteiger partial charge >= 0.3 is 0 Å². The number of pyridine rings is 1. The van der Waals surface area contributed by atoms with Gasteiger partial charge in [0, 0.05) is 35.1 Å². The zero-order valence-electron chi connectivity index (χ0n) is 18.9. The van der Waals surface area contributed by atoms with Crippen LogP contribution in [-0.4, -0.2) is 54.4 Å². The molecule has 0 aromatic carbocycles. The molecule has 4 N–H and O–H groups in total. The van der Waals surface area contributed by atoms with Crippen molar-refractivity contribution in [3.8, 4) is 0 Å². The summed E-state index contributed by atoms with van der Waals surface area (Å²) >= 11 is 0. The third kappa shape index (κ3) is 18.9. The first kappa shape index (κ1) is 33.6. The minimum atomic E-state index is 0. The fourth-order valence-corrected chi connectivity index (χ4v) is 1.67. The van der Waals surface area contributed by atoms with Gasteiger partial charge in [0.15, 0.2) is 0 Å². The second-order valence-electron chi connectivity index (χ2n) is 6.26. The average Bonchev–Trinajstić information content (AvgIpc) is 2.84. The van der Waals surface area contributed by atoms with E-state index in [4.69, 9.17) is 20.8 Å². The number of carbonyl (C=O) groups excluding carboxylic acids is 1. The summed E-state index contributed by atoms with van der Waals surface area (Å²) in [5.41, 5.74) is 1.25. The molecule has 0 saturated carbocycles. The summed E-state index contributed by atoms with van der Waals surface area (Å²) < 4.78 is 0. The summed E-state index contributed by atoms with van der Waals surface area (Å²) in [6, 6.07) is 5.72. The minimum Gasteiger partial charge on any atom is -0.501 e.